The van der Waals surface area contributed by atoms with Crippen molar-refractivity contribution >= 4 is 34.2 Å². The molecule has 1 amide bonds. The molecule has 5 nitrogen and oxygen atoms in total. The van der Waals surface area contributed by atoms with Crippen molar-refractivity contribution in [2.75, 3.05) is 5.32 Å². The number of anilines is 1. The first-order chi connectivity index (χ1) is 7.09. The number of hydrogen-bond donors (Lipinski definition) is 1. The van der Waals surface area contributed by atoms with Gasteiger partial charge < -0.3 is 9.88 Å². The summed E-state index contributed by atoms with van der Waals surface area (Å²) in [5.74, 6) is -0.141. The summed E-state index contributed by atoms with van der Waals surface area (Å²) in [7, 11) is 1.82. The van der Waals surface area contributed by atoms with E-state index in [2.05, 4.69) is 15.3 Å². The summed E-state index contributed by atoms with van der Waals surface area (Å²) < 4.78 is 1.78. The van der Waals surface area contributed by atoms with E-state index in [-0.39, 0.29) is 5.91 Å². The second kappa shape index (κ2) is 3.51. The van der Waals surface area contributed by atoms with E-state index >= 15 is 0 Å². The smallest absolute Gasteiger partial charge is 0.221 e. The van der Waals surface area contributed by atoms with Crippen LogP contribution in [0.3, 0.4) is 0 Å². The predicted octanol–water partition coefficient (Wildman–Crippen LogP) is 1.58. The molecule has 0 aliphatic heterocycles. The minimum absolute atomic E-state index is 0.141. The molecule has 2 heterocycles. The van der Waals surface area contributed by atoms with Gasteiger partial charge in [0.2, 0.25) is 5.91 Å². The molecule has 6 heteroatoms. The minimum atomic E-state index is -0.141. The molecule has 0 spiro atoms. The lowest BCUT2D eigenvalue weighted by atomic mass is 10.4. The van der Waals surface area contributed by atoms with Gasteiger partial charge in [0.05, 0.1) is 5.69 Å². The fraction of sp³-hybridized carbons (Fsp3) is 0.222. The van der Waals surface area contributed by atoms with Gasteiger partial charge in [-0.2, -0.15) is 0 Å². The zero-order valence-electron chi connectivity index (χ0n) is 8.28. The minimum Gasteiger partial charge on any atom is -0.345 e. The molecule has 0 atom stereocenters. The van der Waals surface area contributed by atoms with Gasteiger partial charge in [0.15, 0.2) is 5.15 Å². The predicted molar refractivity (Wildman–Crippen MR) is 57.8 cm³/mol. The Kier molecular flexibility index (Phi) is 2.32. The Labute approximate surface area is 91.1 Å². The Bertz CT molecular complexity index is 534. The zero-order chi connectivity index (χ0) is 11.0. The van der Waals surface area contributed by atoms with E-state index in [0.717, 1.165) is 0 Å². The maximum atomic E-state index is 11.0. The van der Waals surface area contributed by atoms with E-state index in [9.17, 15) is 4.79 Å². The van der Waals surface area contributed by atoms with Gasteiger partial charge in [-0.15, -0.1) is 0 Å². The van der Waals surface area contributed by atoms with E-state index in [4.69, 9.17) is 11.6 Å². The molecule has 2 aromatic heterocycles. The second-order valence-electron chi connectivity index (χ2n) is 3.20. The number of halogens is 1. The van der Waals surface area contributed by atoms with Crippen molar-refractivity contribution in [3.63, 3.8) is 0 Å². The number of carbonyl (C=O) groups excluding carboxylic acids is 1. The van der Waals surface area contributed by atoms with Gasteiger partial charge in [-0.1, -0.05) is 11.6 Å². The fourth-order valence-electron chi connectivity index (χ4n) is 1.47. The molecule has 0 saturated heterocycles. The molecule has 0 bridgehead atoms. The summed E-state index contributed by atoms with van der Waals surface area (Å²) in [6, 6.07) is 0. The number of aryl methyl sites for hydroxylation is 1. The van der Waals surface area contributed by atoms with E-state index in [1.807, 2.05) is 7.05 Å². The van der Waals surface area contributed by atoms with Crippen molar-refractivity contribution in [3.8, 4) is 0 Å². The van der Waals surface area contributed by atoms with Crippen molar-refractivity contribution in [2.45, 2.75) is 6.92 Å². The van der Waals surface area contributed by atoms with Gasteiger partial charge >= 0.3 is 0 Å². The van der Waals surface area contributed by atoms with E-state index in [0.29, 0.717) is 21.9 Å². The summed E-state index contributed by atoms with van der Waals surface area (Å²) in [4.78, 5) is 18.9. The standard InChI is InChI=1S/C9H9ClN4O/c1-5(15)13-6-3-14(2)8-7(6)11-4-12-9(8)10/h3-4H,1-2H3,(H,13,15). The SMILES string of the molecule is CC(=O)Nc1cn(C)c2c(Cl)ncnc12. The second-order valence-corrected chi connectivity index (χ2v) is 3.55. The molecule has 1 N–H and O–H groups in total. The van der Waals surface area contributed by atoms with Crippen LogP contribution in [0.15, 0.2) is 12.5 Å². The molecule has 0 fully saturated rings. The molecular weight excluding hydrogens is 216 g/mol. The highest BCUT2D eigenvalue weighted by Crippen LogP contribution is 2.26. The third-order valence-corrected chi connectivity index (χ3v) is 2.30. The third-order valence-electron chi connectivity index (χ3n) is 2.02. The Morgan fingerprint density at radius 3 is 2.93 bits per heavy atom. The van der Waals surface area contributed by atoms with Gasteiger partial charge in [-0.3, -0.25) is 4.79 Å². The van der Waals surface area contributed by atoms with E-state index in [1.54, 1.807) is 10.8 Å². The molecule has 0 saturated carbocycles. The summed E-state index contributed by atoms with van der Waals surface area (Å²) in [5, 5.41) is 3.06. The van der Waals surface area contributed by atoms with Crippen molar-refractivity contribution in [1.82, 2.24) is 14.5 Å². The number of amides is 1. The quantitative estimate of drug-likeness (QED) is 0.749. The Hall–Kier alpha value is -1.62. The number of nitrogens with zero attached hydrogens (tertiary/aromatic N) is 3. The van der Waals surface area contributed by atoms with Crippen LogP contribution in [0.2, 0.25) is 5.15 Å². The van der Waals surface area contributed by atoms with Crippen LogP contribution < -0.4 is 5.32 Å². The largest absolute Gasteiger partial charge is 0.345 e. The van der Waals surface area contributed by atoms with E-state index < -0.39 is 0 Å². The van der Waals surface area contributed by atoms with Crippen LogP contribution in [0.1, 0.15) is 6.92 Å². The lowest BCUT2D eigenvalue weighted by Crippen LogP contribution is -2.05. The molecule has 0 aliphatic rings. The average Bonchev–Trinajstić information content (AvgIpc) is 2.44. The molecular formula is C9H9ClN4O. The number of carbonyl (C=O) groups is 1. The Morgan fingerprint density at radius 2 is 2.27 bits per heavy atom. The maximum absolute atomic E-state index is 11.0. The molecule has 78 valence electrons. The van der Waals surface area contributed by atoms with Crippen LogP contribution in [0, 0.1) is 0 Å². The van der Waals surface area contributed by atoms with Crippen LogP contribution in [-0.2, 0) is 11.8 Å². The summed E-state index contributed by atoms with van der Waals surface area (Å²) in [6.07, 6.45) is 3.13. The Balaban J connectivity index is 2.68. The summed E-state index contributed by atoms with van der Waals surface area (Å²) in [6.45, 7) is 1.45. The van der Waals surface area contributed by atoms with Gasteiger partial charge in [-0.05, 0) is 0 Å². The lowest BCUT2D eigenvalue weighted by Gasteiger charge is -1.97. The Morgan fingerprint density at radius 1 is 1.53 bits per heavy atom. The lowest BCUT2D eigenvalue weighted by molar-refractivity contribution is -0.114. The summed E-state index contributed by atoms with van der Waals surface area (Å²) in [5.41, 5.74) is 2.00. The number of aromatic nitrogens is 3. The molecule has 0 aromatic carbocycles. The van der Waals surface area contributed by atoms with Crippen molar-refractivity contribution in [1.29, 1.82) is 0 Å². The highest BCUT2D eigenvalue weighted by molar-refractivity contribution is 6.34. The van der Waals surface area contributed by atoms with Gasteiger partial charge in [0, 0.05) is 20.2 Å². The third kappa shape index (κ3) is 1.66. The number of fused-ring (bicyclic) bond motifs is 1. The zero-order valence-corrected chi connectivity index (χ0v) is 9.04. The van der Waals surface area contributed by atoms with Crippen LogP contribution in [0.5, 0.6) is 0 Å². The first-order valence-corrected chi connectivity index (χ1v) is 4.70. The van der Waals surface area contributed by atoms with Crippen molar-refractivity contribution < 1.29 is 4.79 Å². The molecule has 0 unspecified atom stereocenters. The molecule has 2 rings (SSSR count). The van der Waals surface area contributed by atoms with Gasteiger partial charge in [0.1, 0.15) is 17.4 Å². The fourth-order valence-corrected chi connectivity index (χ4v) is 1.73. The van der Waals surface area contributed by atoms with E-state index in [1.165, 1.54) is 13.3 Å². The van der Waals surface area contributed by atoms with Crippen LogP contribution in [0.4, 0.5) is 5.69 Å². The highest BCUT2D eigenvalue weighted by Gasteiger charge is 2.11. The average molecular weight is 225 g/mol. The van der Waals surface area contributed by atoms with Gasteiger partial charge in [0.25, 0.3) is 0 Å². The van der Waals surface area contributed by atoms with Crippen molar-refractivity contribution in [3.05, 3.63) is 17.7 Å². The van der Waals surface area contributed by atoms with Gasteiger partial charge in [-0.25, -0.2) is 9.97 Å². The monoisotopic (exact) mass is 224 g/mol. The first kappa shape index (κ1) is 9.92. The number of hydrogen-bond acceptors (Lipinski definition) is 3. The number of nitrogens with one attached hydrogen (secondary N) is 1. The topological polar surface area (TPSA) is 59.8 Å². The molecule has 15 heavy (non-hydrogen) atoms. The molecule has 0 radical (unpaired) electrons. The summed E-state index contributed by atoms with van der Waals surface area (Å²) >= 11 is 5.93. The highest BCUT2D eigenvalue weighted by atomic mass is 35.5. The normalized spacial score (nSPS) is 10.6. The maximum Gasteiger partial charge on any atom is 0.221 e. The molecule has 0 aliphatic carbocycles. The molecule has 2 aromatic rings. The first-order valence-electron chi connectivity index (χ1n) is 4.32. The van der Waals surface area contributed by atoms with Crippen molar-refractivity contribution in [2.24, 2.45) is 7.05 Å². The van der Waals surface area contributed by atoms with Crippen LogP contribution >= 0.6 is 11.6 Å². The number of rotatable bonds is 1. The van der Waals surface area contributed by atoms with Crippen LogP contribution in [0.25, 0.3) is 11.0 Å². The van der Waals surface area contributed by atoms with Crippen LogP contribution in [-0.4, -0.2) is 20.4 Å².